The summed E-state index contributed by atoms with van der Waals surface area (Å²) in [7, 11) is -3.97. The number of hydrogen-bond donors (Lipinski definition) is 1. The van der Waals surface area contributed by atoms with Gasteiger partial charge < -0.3 is 0 Å². The fourth-order valence-electron chi connectivity index (χ4n) is 2.61. The van der Waals surface area contributed by atoms with E-state index in [1.807, 2.05) is 0 Å². The zero-order valence-electron chi connectivity index (χ0n) is 14.1. The first-order chi connectivity index (χ1) is 12.3. The predicted molar refractivity (Wildman–Crippen MR) is 96.3 cm³/mol. The number of sulfonamides is 1. The van der Waals surface area contributed by atoms with Crippen LogP contribution in [-0.2, 0) is 10.0 Å². The van der Waals surface area contributed by atoms with Gasteiger partial charge in [0, 0.05) is 11.3 Å². The Morgan fingerprint density at radius 1 is 0.885 bits per heavy atom. The van der Waals surface area contributed by atoms with Crippen molar-refractivity contribution in [3.8, 4) is 11.1 Å². The zero-order chi connectivity index (χ0) is 18.9. The van der Waals surface area contributed by atoms with Gasteiger partial charge in [-0.2, -0.15) is 0 Å². The molecule has 3 aromatic rings. The van der Waals surface area contributed by atoms with Crippen molar-refractivity contribution in [3.05, 3.63) is 77.5 Å². The van der Waals surface area contributed by atoms with E-state index in [1.54, 1.807) is 32.0 Å². The van der Waals surface area contributed by atoms with Crippen LogP contribution in [0.15, 0.2) is 59.5 Å². The molecule has 0 aliphatic heterocycles. The van der Waals surface area contributed by atoms with Gasteiger partial charge in [0.25, 0.3) is 10.0 Å². The Morgan fingerprint density at radius 2 is 1.54 bits per heavy atom. The molecule has 4 nitrogen and oxygen atoms in total. The normalized spacial score (nSPS) is 11.4. The van der Waals surface area contributed by atoms with Gasteiger partial charge in [-0.25, -0.2) is 22.2 Å². The quantitative estimate of drug-likeness (QED) is 0.734. The molecule has 0 spiro atoms. The number of aromatic nitrogens is 1. The van der Waals surface area contributed by atoms with Crippen molar-refractivity contribution >= 4 is 15.8 Å². The molecule has 0 aliphatic carbocycles. The van der Waals surface area contributed by atoms with Crippen molar-refractivity contribution in [1.82, 2.24) is 4.98 Å². The molecule has 1 N–H and O–H groups in total. The summed E-state index contributed by atoms with van der Waals surface area (Å²) in [5.41, 5.74) is 2.54. The Balaban J connectivity index is 1.92. The van der Waals surface area contributed by atoms with Crippen molar-refractivity contribution < 1.29 is 17.2 Å². The average molecular weight is 374 g/mol. The lowest BCUT2D eigenvalue weighted by Gasteiger charge is -2.12. The number of aryl methyl sites for hydroxylation is 2. The molecule has 0 atom stereocenters. The molecule has 0 saturated carbocycles. The Morgan fingerprint density at radius 3 is 2.19 bits per heavy atom. The molecule has 0 amide bonds. The van der Waals surface area contributed by atoms with E-state index in [0.29, 0.717) is 11.3 Å². The van der Waals surface area contributed by atoms with Crippen LogP contribution in [-0.4, -0.2) is 13.4 Å². The number of nitrogens with one attached hydrogen (secondary N) is 1. The van der Waals surface area contributed by atoms with Crippen LogP contribution < -0.4 is 4.72 Å². The Bertz CT molecular complexity index is 1070. The summed E-state index contributed by atoms with van der Waals surface area (Å²) in [6.45, 7) is 3.31. The van der Waals surface area contributed by atoms with Crippen molar-refractivity contribution in [2.24, 2.45) is 0 Å². The van der Waals surface area contributed by atoms with Gasteiger partial charge in [-0.15, -0.1) is 0 Å². The molecule has 3 rings (SSSR count). The number of pyridine rings is 1. The zero-order valence-corrected chi connectivity index (χ0v) is 14.9. The number of halogens is 2. The highest BCUT2D eigenvalue weighted by Crippen LogP contribution is 2.25. The number of rotatable bonds is 4. The lowest BCUT2D eigenvalue weighted by Crippen LogP contribution is -2.15. The standard InChI is InChI=1S/C19H16F2N2O2S/c1-12-3-6-16(21)11-18(12)26(24,25)23-19-10-9-17(13(2)22-19)14-4-7-15(20)8-5-14/h3-11H,1-2H3,(H,22,23). The van der Waals surface area contributed by atoms with Gasteiger partial charge in [0.1, 0.15) is 17.5 Å². The maximum Gasteiger partial charge on any atom is 0.263 e. The molecule has 0 saturated heterocycles. The maximum absolute atomic E-state index is 13.4. The van der Waals surface area contributed by atoms with Crippen LogP contribution >= 0.6 is 0 Å². The summed E-state index contributed by atoms with van der Waals surface area (Å²) in [4.78, 5) is 4.12. The molecule has 0 aliphatic rings. The summed E-state index contributed by atoms with van der Waals surface area (Å²) < 4.78 is 53.9. The Hall–Kier alpha value is -2.80. The molecule has 7 heteroatoms. The van der Waals surface area contributed by atoms with E-state index >= 15 is 0 Å². The molecule has 0 unspecified atom stereocenters. The first-order valence-corrected chi connectivity index (χ1v) is 9.27. The van der Waals surface area contributed by atoms with Crippen LogP contribution in [0.3, 0.4) is 0 Å². The number of anilines is 1. The summed E-state index contributed by atoms with van der Waals surface area (Å²) >= 11 is 0. The molecule has 26 heavy (non-hydrogen) atoms. The van der Waals surface area contributed by atoms with Crippen LogP contribution in [0.2, 0.25) is 0 Å². The second-order valence-electron chi connectivity index (χ2n) is 5.85. The third kappa shape index (κ3) is 3.72. The fraction of sp³-hybridized carbons (Fsp3) is 0.105. The highest BCUT2D eigenvalue weighted by molar-refractivity contribution is 7.92. The van der Waals surface area contributed by atoms with Crippen molar-refractivity contribution in [3.63, 3.8) is 0 Å². The maximum atomic E-state index is 13.4. The van der Waals surface area contributed by atoms with Gasteiger partial charge in [-0.1, -0.05) is 18.2 Å². The van der Waals surface area contributed by atoms with E-state index in [2.05, 4.69) is 9.71 Å². The molecule has 1 heterocycles. The molecule has 134 valence electrons. The Labute approximate surface area is 150 Å². The predicted octanol–water partition coefficient (Wildman–Crippen LogP) is 4.44. The topological polar surface area (TPSA) is 59.1 Å². The average Bonchev–Trinajstić information content (AvgIpc) is 2.58. The second kappa shape index (κ2) is 6.84. The van der Waals surface area contributed by atoms with E-state index in [9.17, 15) is 17.2 Å². The van der Waals surface area contributed by atoms with Gasteiger partial charge in [-0.05, 0) is 61.4 Å². The van der Waals surface area contributed by atoms with Crippen molar-refractivity contribution in [1.29, 1.82) is 0 Å². The van der Waals surface area contributed by atoms with Crippen molar-refractivity contribution in [2.75, 3.05) is 4.72 Å². The highest BCUT2D eigenvalue weighted by Gasteiger charge is 2.19. The van der Waals surface area contributed by atoms with Gasteiger partial charge in [0.15, 0.2) is 0 Å². The van der Waals surface area contributed by atoms with Crippen LogP contribution in [0.4, 0.5) is 14.6 Å². The molecular formula is C19H16F2N2O2S. The van der Waals surface area contributed by atoms with E-state index in [-0.39, 0.29) is 16.5 Å². The number of hydrogen-bond acceptors (Lipinski definition) is 3. The molecular weight excluding hydrogens is 358 g/mol. The number of benzene rings is 2. The van der Waals surface area contributed by atoms with Gasteiger partial charge in [0.05, 0.1) is 4.90 Å². The summed E-state index contributed by atoms with van der Waals surface area (Å²) in [6, 6.07) is 12.7. The minimum atomic E-state index is -3.97. The Kier molecular flexibility index (Phi) is 4.73. The second-order valence-corrected chi connectivity index (χ2v) is 7.50. The van der Waals surface area contributed by atoms with E-state index in [0.717, 1.165) is 17.2 Å². The molecule has 0 fully saturated rings. The first-order valence-electron chi connectivity index (χ1n) is 7.79. The van der Waals surface area contributed by atoms with Crippen molar-refractivity contribution in [2.45, 2.75) is 18.7 Å². The molecule has 1 aromatic heterocycles. The monoisotopic (exact) mass is 374 g/mol. The third-order valence-corrected chi connectivity index (χ3v) is 5.42. The van der Waals surface area contributed by atoms with Crippen LogP contribution in [0.5, 0.6) is 0 Å². The highest BCUT2D eigenvalue weighted by atomic mass is 32.2. The third-order valence-electron chi connectivity index (χ3n) is 3.92. The summed E-state index contributed by atoms with van der Waals surface area (Å²) in [5.74, 6) is -0.849. The minimum Gasteiger partial charge on any atom is -0.263 e. The molecule has 2 aromatic carbocycles. The number of nitrogens with zero attached hydrogens (tertiary/aromatic N) is 1. The van der Waals surface area contributed by atoms with E-state index < -0.39 is 15.8 Å². The van der Waals surface area contributed by atoms with E-state index in [1.165, 1.54) is 30.3 Å². The molecule has 0 bridgehead atoms. The summed E-state index contributed by atoms with van der Waals surface area (Å²) in [6.07, 6.45) is 0. The largest absolute Gasteiger partial charge is 0.263 e. The lowest BCUT2D eigenvalue weighted by atomic mass is 10.0. The first kappa shape index (κ1) is 18.0. The lowest BCUT2D eigenvalue weighted by molar-refractivity contribution is 0.594. The van der Waals surface area contributed by atoms with Gasteiger partial charge in [-0.3, -0.25) is 4.72 Å². The van der Waals surface area contributed by atoms with Crippen LogP contribution in [0.25, 0.3) is 11.1 Å². The van der Waals surface area contributed by atoms with Crippen LogP contribution in [0, 0.1) is 25.5 Å². The fourth-order valence-corrected chi connectivity index (χ4v) is 3.87. The van der Waals surface area contributed by atoms with Crippen LogP contribution in [0.1, 0.15) is 11.3 Å². The van der Waals surface area contributed by atoms with Gasteiger partial charge >= 0.3 is 0 Å². The summed E-state index contributed by atoms with van der Waals surface area (Å²) in [5, 5.41) is 0. The smallest absolute Gasteiger partial charge is 0.263 e. The minimum absolute atomic E-state index is 0.122. The molecule has 0 radical (unpaired) electrons. The van der Waals surface area contributed by atoms with Gasteiger partial charge in [0.2, 0.25) is 0 Å². The SMILES string of the molecule is Cc1ccc(F)cc1S(=O)(=O)Nc1ccc(-c2ccc(F)cc2)c(C)n1. The van der Waals surface area contributed by atoms with E-state index in [4.69, 9.17) is 0 Å².